The molecule has 0 atom stereocenters. The van der Waals surface area contributed by atoms with Crippen LogP contribution in [0.4, 0.5) is 11.9 Å². The lowest BCUT2D eigenvalue weighted by Crippen LogP contribution is -1.98. The van der Waals surface area contributed by atoms with Crippen LogP contribution < -0.4 is 11.5 Å². The molecule has 0 saturated carbocycles. The lowest BCUT2D eigenvalue weighted by molar-refractivity contribution is 0.839. The summed E-state index contributed by atoms with van der Waals surface area (Å²) in [6.07, 6.45) is 0. The van der Waals surface area contributed by atoms with Crippen LogP contribution in [-0.2, 0) is 14.1 Å². The molecule has 28 heavy (non-hydrogen) atoms. The number of hydrogen-bond donors (Lipinski definition) is 2. The summed E-state index contributed by atoms with van der Waals surface area (Å²) in [6, 6.07) is 20.1. The average Bonchev–Trinajstić information content (AvgIpc) is 3.18. The number of nitrogens with zero attached hydrogens (tertiary/aromatic N) is 4. The monoisotopic (exact) mass is 408 g/mol. The highest BCUT2D eigenvalue weighted by molar-refractivity contribution is 8.76. The van der Waals surface area contributed by atoms with Crippen molar-refractivity contribution in [3.63, 3.8) is 0 Å². The summed E-state index contributed by atoms with van der Waals surface area (Å²) in [5, 5.41) is 1.96. The third-order valence-corrected chi connectivity index (χ3v) is 6.98. The molecule has 2 heterocycles. The summed E-state index contributed by atoms with van der Waals surface area (Å²) in [6.45, 7) is 0. The van der Waals surface area contributed by atoms with Crippen molar-refractivity contribution in [1.82, 2.24) is 19.1 Å². The predicted molar refractivity (Wildman–Crippen MR) is 118 cm³/mol. The van der Waals surface area contributed by atoms with E-state index in [0.717, 1.165) is 32.6 Å². The number of imidazole rings is 2. The number of nitrogen functional groups attached to an aromatic ring is 2. The second-order valence-electron chi connectivity index (χ2n) is 6.26. The Morgan fingerprint density at radius 3 is 1.36 bits per heavy atom. The van der Waals surface area contributed by atoms with E-state index in [1.54, 1.807) is 21.6 Å². The molecule has 2 aromatic carbocycles. The van der Waals surface area contributed by atoms with Crippen molar-refractivity contribution < 1.29 is 0 Å². The van der Waals surface area contributed by atoms with Crippen molar-refractivity contribution in [3.8, 4) is 22.5 Å². The Bertz CT molecular complexity index is 1010. The molecular weight excluding hydrogens is 388 g/mol. The van der Waals surface area contributed by atoms with Crippen molar-refractivity contribution in [3.05, 3.63) is 60.7 Å². The van der Waals surface area contributed by atoms with Crippen LogP contribution in [0.1, 0.15) is 0 Å². The van der Waals surface area contributed by atoms with Gasteiger partial charge in [0.2, 0.25) is 11.9 Å². The normalized spacial score (nSPS) is 11.1. The van der Waals surface area contributed by atoms with Gasteiger partial charge in [0.05, 0.1) is 0 Å². The van der Waals surface area contributed by atoms with Gasteiger partial charge in [0, 0.05) is 25.2 Å². The van der Waals surface area contributed by atoms with Crippen molar-refractivity contribution in [2.75, 3.05) is 11.5 Å². The van der Waals surface area contributed by atoms with Crippen LogP contribution in [0.15, 0.2) is 70.7 Å². The number of aromatic nitrogens is 4. The van der Waals surface area contributed by atoms with Crippen molar-refractivity contribution in [1.29, 1.82) is 0 Å². The summed E-state index contributed by atoms with van der Waals surface area (Å²) in [5.74, 6) is 0.963. The van der Waals surface area contributed by atoms with Crippen molar-refractivity contribution in [2.45, 2.75) is 10.1 Å². The zero-order chi connectivity index (χ0) is 19.7. The highest BCUT2D eigenvalue weighted by Crippen LogP contribution is 2.45. The van der Waals surface area contributed by atoms with Gasteiger partial charge in [0.1, 0.15) is 21.4 Å². The van der Waals surface area contributed by atoms with Crippen molar-refractivity contribution >= 4 is 33.5 Å². The smallest absolute Gasteiger partial charge is 0.201 e. The number of rotatable bonds is 5. The Kier molecular flexibility index (Phi) is 5.06. The van der Waals surface area contributed by atoms with Crippen LogP contribution >= 0.6 is 21.6 Å². The molecular formula is C20H20N6S2. The van der Waals surface area contributed by atoms with Gasteiger partial charge in [-0.2, -0.15) is 0 Å². The SMILES string of the molecule is Cn1c(N)nc(-c2ccccc2)c1SSc1c(-c2ccccc2)nc(N)n1C. The molecule has 4 N–H and O–H groups in total. The van der Waals surface area contributed by atoms with Crippen molar-refractivity contribution in [2.24, 2.45) is 14.1 Å². The van der Waals surface area contributed by atoms with Gasteiger partial charge < -0.3 is 20.6 Å². The molecule has 2 aromatic heterocycles. The van der Waals surface area contributed by atoms with E-state index in [-0.39, 0.29) is 0 Å². The predicted octanol–water partition coefficient (Wildman–Crippen LogP) is 4.45. The molecule has 8 heteroatoms. The molecule has 4 aromatic rings. The fourth-order valence-electron chi connectivity index (χ4n) is 2.84. The van der Waals surface area contributed by atoms with Crippen LogP contribution in [0.25, 0.3) is 22.5 Å². The minimum absolute atomic E-state index is 0.481. The number of anilines is 2. The summed E-state index contributed by atoms with van der Waals surface area (Å²) in [4.78, 5) is 9.12. The average molecular weight is 409 g/mol. The molecule has 6 nitrogen and oxygen atoms in total. The molecule has 0 fully saturated rings. The van der Waals surface area contributed by atoms with Crippen LogP contribution in [0.5, 0.6) is 0 Å². The minimum atomic E-state index is 0.481. The number of benzene rings is 2. The van der Waals surface area contributed by atoms with E-state index < -0.39 is 0 Å². The molecule has 0 bridgehead atoms. The van der Waals surface area contributed by atoms with Gasteiger partial charge in [-0.1, -0.05) is 60.7 Å². The third kappa shape index (κ3) is 3.36. The molecule has 0 aliphatic rings. The molecule has 0 aliphatic heterocycles. The zero-order valence-corrected chi connectivity index (χ0v) is 17.2. The van der Waals surface area contributed by atoms with Crippen LogP contribution in [0.2, 0.25) is 0 Å². The first-order valence-electron chi connectivity index (χ1n) is 8.66. The molecule has 0 radical (unpaired) electrons. The van der Waals surface area contributed by atoms with E-state index in [2.05, 4.69) is 9.97 Å². The largest absolute Gasteiger partial charge is 0.369 e. The Morgan fingerprint density at radius 1 is 0.643 bits per heavy atom. The Balaban J connectivity index is 1.70. The van der Waals surface area contributed by atoms with Gasteiger partial charge in [-0.3, -0.25) is 0 Å². The molecule has 0 spiro atoms. The Morgan fingerprint density at radius 2 is 1.00 bits per heavy atom. The van der Waals surface area contributed by atoms with Gasteiger partial charge in [0.25, 0.3) is 0 Å². The van der Waals surface area contributed by atoms with Gasteiger partial charge >= 0.3 is 0 Å². The highest BCUT2D eigenvalue weighted by Gasteiger charge is 2.20. The first kappa shape index (κ1) is 18.5. The summed E-state index contributed by atoms with van der Waals surface area (Å²) >= 11 is 0. The summed E-state index contributed by atoms with van der Waals surface area (Å²) in [7, 11) is 7.05. The summed E-state index contributed by atoms with van der Waals surface area (Å²) in [5.41, 5.74) is 16.0. The van der Waals surface area contributed by atoms with E-state index in [1.807, 2.05) is 83.9 Å². The van der Waals surface area contributed by atoms with Gasteiger partial charge in [-0.15, -0.1) is 0 Å². The Labute approximate surface area is 171 Å². The highest BCUT2D eigenvalue weighted by atomic mass is 33.1. The molecule has 0 unspecified atom stereocenters. The number of nitrogens with two attached hydrogens (primary N) is 2. The third-order valence-electron chi connectivity index (χ3n) is 4.45. The first-order valence-corrected chi connectivity index (χ1v) is 10.8. The number of hydrogen-bond acceptors (Lipinski definition) is 6. The van der Waals surface area contributed by atoms with E-state index in [0.29, 0.717) is 11.9 Å². The zero-order valence-electron chi connectivity index (χ0n) is 15.5. The molecule has 4 rings (SSSR count). The van der Waals surface area contributed by atoms with E-state index in [9.17, 15) is 0 Å². The quantitative estimate of drug-likeness (QED) is 0.474. The lowest BCUT2D eigenvalue weighted by Gasteiger charge is -2.08. The summed E-state index contributed by atoms with van der Waals surface area (Å²) < 4.78 is 3.81. The molecule has 0 aliphatic carbocycles. The second-order valence-corrected chi connectivity index (χ2v) is 8.37. The van der Waals surface area contributed by atoms with E-state index in [1.165, 1.54) is 0 Å². The lowest BCUT2D eigenvalue weighted by atomic mass is 10.2. The maximum atomic E-state index is 6.09. The molecule has 0 saturated heterocycles. The first-order chi connectivity index (χ1) is 13.6. The van der Waals surface area contributed by atoms with Gasteiger partial charge in [0.15, 0.2) is 0 Å². The molecule has 142 valence electrons. The topological polar surface area (TPSA) is 87.7 Å². The fourth-order valence-corrected chi connectivity index (χ4v) is 5.51. The molecule has 0 amide bonds. The van der Waals surface area contributed by atoms with Gasteiger partial charge in [-0.05, 0) is 21.6 Å². The fraction of sp³-hybridized carbons (Fsp3) is 0.100. The standard InChI is InChI=1S/C20H20N6S2/c1-25-17(15(23-19(25)21)13-9-5-3-6-10-13)27-28-18-16(24-20(22)26(18)2)14-11-7-4-8-12-14/h3-12H,1-2H3,(H2,21,23)(H2,22,24). The maximum absolute atomic E-state index is 6.09. The maximum Gasteiger partial charge on any atom is 0.201 e. The van der Waals surface area contributed by atoms with Gasteiger partial charge in [-0.25, -0.2) is 9.97 Å². The van der Waals surface area contributed by atoms with E-state index in [4.69, 9.17) is 11.5 Å². The van der Waals surface area contributed by atoms with Crippen LogP contribution in [0, 0.1) is 0 Å². The van der Waals surface area contributed by atoms with Crippen LogP contribution in [-0.4, -0.2) is 19.1 Å². The second kappa shape index (κ2) is 7.65. The van der Waals surface area contributed by atoms with E-state index >= 15 is 0 Å². The minimum Gasteiger partial charge on any atom is -0.369 e. The Hall–Kier alpha value is -2.84. The van der Waals surface area contributed by atoms with Crippen LogP contribution in [0.3, 0.4) is 0 Å².